The van der Waals surface area contributed by atoms with Crippen LogP contribution < -0.4 is 0 Å². The van der Waals surface area contributed by atoms with E-state index in [4.69, 9.17) is 4.74 Å². The molecule has 116 valence electrons. The van der Waals surface area contributed by atoms with Crippen molar-refractivity contribution in [2.75, 3.05) is 6.54 Å². The number of hydrogen-bond acceptors (Lipinski definition) is 3. The van der Waals surface area contributed by atoms with Gasteiger partial charge in [-0.3, -0.25) is 0 Å². The number of rotatable bonds is 5. The first-order chi connectivity index (χ1) is 9.85. The summed E-state index contributed by atoms with van der Waals surface area (Å²) in [6.45, 7) is 5.90. The molecule has 4 nitrogen and oxygen atoms in total. The third-order valence-corrected chi connectivity index (χ3v) is 3.34. The van der Waals surface area contributed by atoms with Crippen molar-refractivity contribution in [2.45, 2.75) is 57.8 Å². The van der Waals surface area contributed by atoms with Gasteiger partial charge in [0.05, 0.1) is 12.6 Å². The van der Waals surface area contributed by atoms with Gasteiger partial charge in [0.1, 0.15) is 5.60 Å². The van der Waals surface area contributed by atoms with E-state index in [9.17, 15) is 9.90 Å². The molecule has 0 spiro atoms. The number of nitrogens with zero attached hydrogens (tertiary/aromatic N) is 1. The largest absolute Gasteiger partial charge is 0.444 e. The molecule has 1 aliphatic carbocycles. The van der Waals surface area contributed by atoms with Gasteiger partial charge in [-0.05, 0) is 39.2 Å². The van der Waals surface area contributed by atoms with Crippen molar-refractivity contribution in [2.24, 2.45) is 0 Å². The molecule has 1 amide bonds. The Kier molecular flexibility index (Phi) is 4.88. The van der Waals surface area contributed by atoms with Crippen molar-refractivity contribution in [3.63, 3.8) is 0 Å². The van der Waals surface area contributed by atoms with Gasteiger partial charge in [0.15, 0.2) is 0 Å². The molecular formula is C17H25NO3. The molecule has 0 radical (unpaired) electrons. The smallest absolute Gasteiger partial charge is 0.410 e. The molecule has 1 saturated carbocycles. The van der Waals surface area contributed by atoms with E-state index >= 15 is 0 Å². The van der Waals surface area contributed by atoms with Crippen LogP contribution in [0.1, 0.15) is 39.2 Å². The highest BCUT2D eigenvalue weighted by atomic mass is 16.6. The molecule has 21 heavy (non-hydrogen) atoms. The van der Waals surface area contributed by atoms with Gasteiger partial charge in [-0.2, -0.15) is 0 Å². The normalized spacial score (nSPS) is 16.4. The number of carbonyl (C=O) groups is 1. The summed E-state index contributed by atoms with van der Waals surface area (Å²) in [5.74, 6) is 0. The van der Waals surface area contributed by atoms with E-state index in [1.165, 1.54) is 0 Å². The first-order valence-electron chi connectivity index (χ1n) is 7.57. The third-order valence-electron chi connectivity index (χ3n) is 3.34. The lowest BCUT2D eigenvalue weighted by atomic mass is 10.1. The fraction of sp³-hybridized carbons (Fsp3) is 0.588. The van der Waals surface area contributed by atoms with Crippen LogP contribution >= 0.6 is 0 Å². The second-order valence-corrected chi connectivity index (χ2v) is 6.71. The molecule has 1 aromatic rings. The highest BCUT2D eigenvalue weighted by Crippen LogP contribution is 2.28. The van der Waals surface area contributed by atoms with Crippen molar-refractivity contribution < 1.29 is 14.6 Å². The zero-order valence-electron chi connectivity index (χ0n) is 13.1. The number of aliphatic hydroxyl groups is 1. The summed E-state index contributed by atoms with van der Waals surface area (Å²) in [4.78, 5) is 13.9. The molecule has 0 aromatic heterocycles. The molecule has 2 rings (SSSR count). The van der Waals surface area contributed by atoms with Crippen molar-refractivity contribution in [3.8, 4) is 0 Å². The Labute approximate surface area is 126 Å². The minimum absolute atomic E-state index is 0.227. The SMILES string of the molecule is CC(C)(C)OC(=O)N(CC(O)Cc1ccccc1)C1CC1. The maximum Gasteiger partial charge on any atom is 0.410 e. The highest BCUT2D eigenvalue weighted by Gasteiger charge is 2.36. The van der Waals surface area contributed by atoms with Gasteiger partial charge in [0, 0.05) is 12.5 Å². The Balaban J connectivity index is 1.92. The molecule has 0 saturated heterocycles. The quantitative estimate of drug-likeness (QED) is 0.907. The van der Waals surface area contributed by atoms with Crippen LogP contribution in [0.15, 0.2) is 30.3 Å². The van der Waals surface area contributed by atoms with E-state index in [0.29, 0.717) is 13.0 Å². The monoisotopic (exact) mass is 291 g/mol. The number of hydrogen-bond donors (Lipinski definition) is 1. The summed E-state index contributed by atoms with van der Waals surface area (Å²) in [6, 6.07) is 10.1. The molecule has 0 aliphatic heterocycles. The molecule has 4 heteroatoms. The molecule has 1 atom stereocenters. The number of aliphatic hydroxyl groups excluding tert-OH is 1. The van der Waals surface area contributed by atoms with Crippen molar-refractivity contribution in [1.29, 1.82) is 0 Å². The fourth-order valence-corrected chi connectivity index (χ4v) is 2.26. The second kappa shape index (κ2) is 6.48. The van der Waals surface area contributed by atoms with Gasteiger partial charge in [0.2, 0.25) is 0 Å². The maximum atomic E-state index is 12.2. The Morgan fingerprint density at radius 1 is 1.33 bits per heavy atom. The average molecular weight is 291 g/mol. The Morgan fingerprint density at radius 3 is 2.48 bits per heavy atom. The summed E-state index contributed by atoms with van der Waals surface area (Å²) < 4.78 is 5.43. The summed E-state index contributed by atoms with van der Waals surface area (Å²) in [5, 5.41) is 10.2. The Bertz CT molecular complexity index is 463. The molecular weight excluding hydrogens is 266 g/mol. The van der Waals surface area contributed by atoms with Crippen LogP contribution in [0.2, 0.25) is 0 Å². The standard InChI is InChI=1S/C17H25NO3/c1-17(2,3)21-16(20)18(14-9-10-14)12-15(19)11-13-7-5-4-6-8-13/h4-8,14-15,19H,9-12H2,1-3H3. The Morgan fingerprint density at radius 2 is 1.95 bits per heavy atom. The predicted molar refractivity (Wildman–Crippen MR) is 82.1 cm³/mol. The fourth-order valence-electron chi connectivity index (χ4n) is 2.26. The van der Waals surface area contributed by atoms with Gasteiger partial charge in [0.25, 0.3) is 0 Å². The topological polar surface area (TPSA) is 49.8 Å². The van der Waals surface area contributed by atoms with Crippen LogP contribution in [0, 0.1) is 0 Å². The van der Waals surface area contributed by atoms with Gasteiger partial charge >= 0.3 is 6.09 Å². The van der Waals surface area contributed by atoms with E-state index in [1.807, 2.05) is 51.1 Å². The van der Waals surface area contributed by atoms with Crippen LogP contribution in [0.3, 0.4) is 0 Å². The Hall–Kier alpha value is -1.55. The third kappa shape index (κ3) is 5.38. The lowest BCUT2D eigenvalue weighted by molar-refractivity contribution is 0.0126. The molecule has 0 bridgehead atoms. The highest BCUT2D eigenvalue weighted by molar-refractivity contribution is 5.69. The predicted octanol–water partition coefficient (Wildman–Crippen LogP) is 2.99. The lowest BCUT2D eigenvalue weighted by Crippen LogP contribution is -2.42. The van der Waals surface area contributed by atoms with E-state index < -0.39 is 11.7 Å². The van der Waals surface area contributed by atoms with E-state index in [-0.39, 0.29) is 12.1 Å². The van der Waals surface area contributed by atoms with E-state index in [1.54, 1.807) is 4.90 Å². The summed E-state index contributed by atoms with van der Waals surface area (Å²) in [7, 11) is 0. The van der Waals surface area contributed by atoms with Gasteiger partial charge in [-0.25, -0.2) is 4.79 Å². The zero-order valence-corrected chi connectivity index (χ0v) is 13.1. The number of amides is 1. The summed E-state index contributed by atoms with van der Waals surface area (Å²) in [6.07, 6.45) is 1.65. The average Bonchev–Trinajstić information content (AvgIpc) is 3.19. The molecule has 1 fully saturated rings. The number of benzene rings is 1. The summed E-state index contributed by atoms with van der Waals surface area (Å²) in [5.41, 5.74) is 0.569. The first kappa shape index (κ1) is 15.8. The maximum absolute atomic E-state index is 12.2. The molecule has 1 N–H and O–H groups in total. The van der Waals surface area contributed by atoms with Gasteiger partial charge in [-0.1, -0.05) is 30.3 Å². The zero-order chi connectivity index (χ0) is 15.5. The lowest BCUT2D eigenvalue weighted by Gasteiger charge is -2.29. The minimum atomic E-state index is -0.569. The van der Waals surface area contributed by atoms with Crippen LogP contribution in [-0.4, -0.2) is 40.4 Å². The molecule has 1 unspecified atom stereocenters. The van der Waals surface area contributed by atoms with E-state index in [0.717, 1.165) is 18.4 Å². The van der Waals surface area contributed by atoms with Crippen LogP contribution in [0.4, 0.5) is 4.79 Å². The number of carbonyl (C=O) groups excluding carboxylic acids is 1. The van der Waals surface area contributed by atoms with Gasteiger partial charge in [-0.15, -0.1) is 0 Å². The second-order valence-electron chi connectivity index (χ2n) is 6.71. The van der Waals surface area contributed by atoms with Crippen molar-refractivity contribution >= 4 is 6.09 Å². The first-order valence-corrected chi connectivity index (χ1v) is 7.57. The van der Waals surface area contributed by atoms with Crippen LogP contribution in [0.25, 0.3) is 0 Å². The molecule has 1 aromatic carbocycles. The molecule has 0 heterocycles. The minimum Gasteiger partial charge on any atom is -0.444 e. The molecule has 1 aliphatic rings. The summed E-state index contributed by atoms with van der Waals surface area (Å²) >= 11 is 0. The van der Waals surface area contributed by atoms with Crippen LogP contribution in [0.5, 0.6) is 0 Å². The number of ether oxygens (including phenoxy) is 1. The van der Waals surface area contributed by atoms with Gasteiger partial charge < -0.3 is 14.7 Å². The van der Waals surface area contributed by atoms with Crippen LogP contribution in [-0.2, 0) is 11.2 Å². The van der Waals surface area contributed by atoms with Crippen molar-refractivity contribution in [3.05, 3.63) is 35.9 Å². The van der Waals surface area contributed by atoms with E-state index in [2.05, 4.69) is 0 Å². The van der Waals surface area contributed by atoms with Crippen molar-refractivity contribution in [1.82, 2.24) is 4.90 Å².